The molecule has 0 radical (unpaired) electrons. The van der Waals surface area contributed by atoms with Gasteiger partial charge < -0.3 is 9.80 Å². The molecule has 0 unspecified atom stereocenters. The van der Waals surface area contributed by atoms with Crippen molar-refractivity contribution in [2.24, 2.45) is 0 Å². The molecule has 1 fully saturated rings. The van der Waals surface area contributed by atoms with Crippen LogP contribution in [0.3, 0.4) is 0 Å². The highest BCUT2D eigenvalue weighted by molar-refractivity contribution is 5.95. The maximum atomic E-state index is 14.7. The first-order valence-electron chi connectivity index (χ1n) is 11.9. The molecule has 2 amide bonds. The van der Waals surface area contributed by atoms with E-state index in [-0.39, 0.29) is 17.0 Å². The minimum Gasteiger partial charge on any atom is -0.339 e. The number of piperazine rings is 1. The van der Waals surface area contributed by atoms with E-state index in [4.69, 9.17) is 0 Å². The Morgan fingerprint density at radius 1 is 0.833 bits per heavy atom. The number of carbonyl (C=O) groups is 2. The Labute approximate surface area is 207 Å². The molecule has 1 aliphatic rings. The first kappa shape index (κ1) is 23.4. The summed E-state index contributed by atoms with van der Waals surface area (Å²) >= 11 is 0. The van der Waals surface area contributed by atoms with Crippen molar-refractivity contribution in [3.63, 3.8) is 0 Å². The fourth-order valence-corrected chi connectivity index (χ4v) is 4.56. The third kappa shape index (κ3) is 4.88. The van der Waals surface area contributed by atoms with Crippen LogP contribution in [0.5, 0.6) is 0 Å². The SMILES string of the molecule is O=C(Cc1ccccc1)N1CCN(C(=O)c2cc(Cc3n[nH]c(=O)c4ccccc34)ccc2F)CC1. The Bertz CT molecular complexity index is 1480. The highest BCUT2D eigenvalue weighted by atomic mass is 19.1. The zero-order valence-electron chi connectivity index (χ0n) is 19.6. The number of H-pyrrole nitrogens is 1. The minimum absolute atomic E-state index is 0.00899. The molecule has 5 rings (SSSR count). The fourth-order valence-electron chi connectivity index (χ4n) is 4.56. The summed E-state index contributed by atoms with van der Waals surface area (Å²) in [6.45, 7) is 1.50. The van der Waals surface area contributed by atoms with E-state index in [1.165, 1.54) is 6.07 Å². The first-order valence-corrected chi connectivity index (χ1v) is 11.9. The summed E-state index contributed by atoms with van der Waals surface area (Å²) in [4.78, 5) is 41.2. The van der Waals surface area contributed by atoms with Crippen molar-refractivity contribution in [1.82, 2.24) is 20.0 Å². The van der Waals surface area contributed by atoms with Gasteiger partial charge in [0.2, 0.25) is 5.91 Å². The molecule has 2 heterocycles. The van der Waals surface area contributed by atoms with E-state index in [9.17, 15) is 18.8 Å². The standard InChI is InChI=1S/C28H25FN4O3/c29-24-11-10-20(17-25-21-8-4-5-9-22(21)27(35)31-30-25)16-23(24)28(36)33-14-12-32(13-15-33)26(34)18-19-6-2-1-3-7-19/h1-11,16H,12-15,17-18H2,(H,31,35). The molecule has 1 saturated heterocycles. The Morgan fingerprint density at radius 2 is 1.50 bits per heavy atom. The largest absolute Gasteiger partial charge is 0.339 e. The number of amides is 2. The smallest absolute Gasteiger partial charge is 0.272 e. The molecule has 36 heavy (non-hydrogen) atoms. The number of carbonyl (C=O) groups excluding carboxylic acids is 2. The van der Waals surface area contributed by atoms with Gasteiger partial charge in [-0.1, -0.05) is 54.6 Å². The van der Waals surface area contributed by atoms with Crippen molar-refractivity contribution >= 4 is 22.6 Å². The Hall–Kier alpha value is -4.33. The highest BCUT2D eigenvalue weighted by Gasteiger charge is 2.26. The third-order valence-corrected chi connectivity index (χ3v) is 6.53. The maximum Gasteiger partial charge on any atom is 0.272 e. The Balaban J connectivity index is 1.28. The summed E-state index contributed by atoms with van der Waals surface area (Å²) in [6.07, 6.45) is 0.651. The van der Waals surface area contributed by atoms with Gasteiger partial charge in [-0.2, -0.15) is 5.10 Å². The van der Waals surface area contributed by atoms with Crippen molar-refractivity contribution < 1.29 is 14.0 Å². The van der Waals surface area contributed by atoms with Crippen LogP contribution in [0.25, 0.3) is 10.8 Å². The fraction of sp³-hybridized carbons (Fsp3) is 0.214. The van der Waals surface area contributed by atoms with E-state index in [1.807, 2.05) is 42.5 Å². The van der Waals surface area contributed by atoms with Crippen molar-refractivity contribution in [3.8, 4) is 0 Å². The number of aromatic nitrogens is 2. The van der Waals surface area contributed by atoms with Gasteiger partial charge in [-0.05, 0) is 29.3 Å². The lowest BCUT2D eigenvalue weighted by molar-refractivity contribution is -0.131. The summed E-state index contributed by atoms with van der Waals surface area (Å²) in [6, 6.07) is 21.2. The maximum absolute atomic E-state index is 14.7. The zero-order chi connectivity index (χ0) is 25.1. The van der Waals surface area contributed by atoms with Gasteiger partial charge in [0, 0.05) is 38.0 Å². The van der Waals surface area contributed by atoms with E-state index < -0.39 is 11.7 Å². The van der Waals surface area contributed by atoms with Crippen molar-refractivity contribution in [2.75, 3.05) is 26.2 Å². The molecule has 0 spiro atoms. The van der Waals surface area contributed by atoms with Gasteiger partial charge in [0.1, 0.15) is 5.82 Å². The number of hydrogen-bond donors (Lipinski definition) is 1. The number of rotatable bonds is 5. The number of fused-ring (bicyclic) bond motifs is 1. The van der Waals surface area contributed by atoms with E-state index in [2.05, 4.69) is 10.2 Å². The summed E-state index contributed by atoms with van der Waals surface area (Å²) in [5, 5.41) is 7.93. The molecule has 1 aliphatic heterocycles. The van der Waals surface area contributed by atoms with Crippen LogP contribution in [0.2, 0.25) is 0 Å². The second kappa shape index (κ2) is 10.1. The van der Waals surface area contributed by atoms with Crippen molar-refractivity contribution in [2.45, 2.75) is 12.8 Å². The van der Waals surface area contributed by atoms with Crippen molar-refractivity contribution in [1.29, 1.82) is 0 Å². The number of nitrogens with zero attached hydrogens (tertiary/aromatic N) is 3. The molecule has 0 bridgehead atoms. The van der Waals surface area contributed by atoms with Gasteiger partial charge >= 0.3 is 0 Å². The first-order chi connectivity index (χ1) is 17.5. The second-order valence-corrected chi connectivity index (χ2v) is 8.87. The number of benzene rings is 3. The summed E-state index contributed by atoms with van der Waals surface area (Å²) in [5.41, 5.74) is 2.02. The van der Waals surface area contributed by atoms with Crippen LogP contribution in [-0.2, 0) is 17.6 Å². The molecule has 0 aliphatic carbocycles. The molecule has 1 aromatic heterocycles. The molecule has 3 aromatic carbocycles. The van der Waals surface area contributed by atoms with E-state index in [0.29, 0.717) is 55.7 Å². The normalized spacial score (nSPS) is 13.7. The summed E-state index contributed by atoms with van der Waals surface area (Å²) in [5.74, 6) is -0.975. The van der Waals surface area contributed by atoms with Gasteiger partial charge in [-0.15, -0.1) is 0 Å². The van der Waals surface area contributed by atoms with Crippen LogP contribution < -0.4 is 5.56 Å². The molecule has 0 saturated carbocycles. The topological polar surface area (TPSA) is 86.4 Å². The summed E-state index contributed by atoms with van der Waals surface area (Å²) in [7, 11) is 0. The highest BCUT2D eigenvalue weighted by Crippen LogP contribution is 2.20. The monoisotopic (exact) mass is 484 g/mol. The predicted octanol–water partition coefficient (Wildman–Crippen LogP) is 3.18. The lowest BCUT2D eigenvalue weighted by atomic mass is 10.0. The third-order valence-electron chi connectivity index (χ3n) is 6.53. The molecule has 1 N–H and O–H groups in total. The lowest BCUT2D eigenvalue weighted by Gasteiger charge is -2.35. The average molecular weight is 485 g/mol. The van der Waals surface area contributed by atoms with Crippen LogP contribution in [0.1, 0.15) is 27.2 Å². The Kier molecular flexibility index (Phi) is 6.58. The van der Waals surface area contributed by atoms with E-state index in [0.717, 1.165) is 10.9 Å². The van der Waals surface area contributed by atoms with Crippen LogP contribution in [0.4, 0.5) is 4.39 Å². The number of nitrogens with one attached hydrogen (secondary N) is 1. The average Bonchev–Trinajstić information content (AvgIpc) is 2.92. The molecule has 0 atom stereocenters. The van der Waals surface area contributed by atoms with E-state index >= 15 is 0 Å². The Morgan fingerprint density at radius 3 is 2.25 bits per heavy atom. The minimum atomic E-state index is -0.592. The van der Waals surface area contributed by atoms with Gasteiger partial charge in [-0.3, -0.25) is 14.4 Å². The van der Waals surface area contributed by atoms with Crippen LogP contribution in [-0.4, -0.2) is 58.0 Å². The van der Waals surface area contributed by atoms with Crippen LogP contribution in [0, 0.1) is 5.82 Å². The van der Waals surface area contributed by atoms with Gasteiger partial charge in [0.05, 0.1) is 23.1 Å². The van der Waals surface area contributed by atoms with Gasteiger partial charge in [0.15, 0.2) is 0 Å². The second-order valence-electron chi connectivity index (χ2n) is 8.87. The zero-order valence-corrected chi connectivity index (χ0v) is 19.6. The summed E-state index contributed by atoms with van der Waals surface area (Å²) < 4.78 is 14.7. The predicted molar refractivity (Wildman–Crippen MR) is 134 cm³/mol. The van der Waals surface area contributed by atoms with Crippen LogP contribution in [0.15, 0.2) is 77.6 Å². The molecule has 182 valence electrons. The number of halogens is 1. The molecule has 4 aromatic rings. The van der Waals surface area contributed by atoms with Gasteiger partial charge in [-0.25, -0.2) is 9.49 Å². The van der Waals surface area contributed by atoms with Gasteiger partial charge in [0.25, 0.3) is 11.5 Å². The quantitative estimate of drug-likeness (QED) is 0.472. The van der Waals surface area contributed by atoms with E-state index in [1.54, 1.807) is 34.1 Å². The molecular formula is C28H25FN4O3. The molecular weight excluding hydrogens is 459 g/mol. The van der Waals surface area contributed by atoms with Crippen LogP contribution >= 0.6 is 0 Å². The number of hydrogen-bond acceptors (Lipinski definition) is 4. The molecule has 8 heteroatoms. The van der Waals surface area contributed by atoms with Crippen molar-refractivity contribution in [3.05, 3.63) is 111 Å². The molecule has 7 nitrogen and oxygen atoms in total. The lowest BCUT2D eigenvalue weighted by Crippen LogP contribution is -2.51. The number of aromatic amines is 1.